The van der Waals surface area contributed by atoms with Crippen LogP contribution in [0.25, 0.3) is 21.0 Å². The van der Waals surface area contributed by atoms with Gasteiger partial charge in [0.05, 0.1) is 42.3 Å². The molecular formula is C32H39N3O7S. The van der Waals surface area contributed by atoms with Gasteiger partial charge in [0.2, 0.25) is 5.89 Å². The number of oxazole rings is 1. The van der Waals surface area contributed by atoms with Gasteiger partial charge in [-0.15, -0.1) is 11.3 Å². The average Bonchev–Trinajstić information content (AvgIpc) is 3.64. The van der Waals surface area contributed by atoms with E-state index in [-0.39, 0.29) is 31.0 Å². The molecule has 0 spiro atoms. The summed E-state index contributed by atoms with van der Waals surface area (Å²) >= 11 is 1.26. The third kappa shape index (κ3) is 5.85. The Bertz CT molecular complexity index is 1710. The molecule has 3 heterocycles. The Labute approximate surface area is 253 Å². The number of ether oxygens (including phenoxy) is 2. The molecule has 0 radical (unpaired) electrons. The highest BCUT2D eigenvalue weighted by molar-refractivity contribution is 7.22. The number of aromatic nitrogens is 3. The summed E-state index contributed by atoms with van der Waals surface area (Å²) in [6, 6.07) is 7.51. The quantitative estimate of drug-likeness (QED) is 0.241. The van der Waals surface area contributed by atoms with Gasteiger partial charge in [-0.2, -0.15) is 0 Å². The number of carbonyl (C=O) groups is 1. The van der Waals surface area contributed by atoms with Crippen LogP contribution in [0.2, 0.25) is 0 Å². The lowest BCUT2D eigenvalue weighted by atomic mass is 9.94. The van der Waals surface area contributed by atoms with E-state index in [1.165, 1.54) is 23.8 Å². The summed E-state index contributed by atoms with van der Waals surface area (Å²) in [5.41, 5.74) is -1.10. The van der Waals surface area contributed by atoms with Gasteiger partial charge in [-0.25, -0.2) is 14.3 Å². The molecule has 1 N–H and O–H groups in total. The molecule has 0 saturated heterocycles. The number of hydrogen-bond donors (Lipinski definition) is 1. The van der Waals surface area contributed by atoms with Crippen LogP contribution in [0.5, 0.6) is 5.75 Å². The first-order valence-electron chi connectivity index (χ1n) is 14.8. The van der Waals surface area contributed by atoms with Crippen LogP contribution >= 0.6 is 11.3 Å². The fourth-order valence-corrected chi connectivity index (χ4v) is 7.17. The van der Waals surface area contributed by atoms with Crippen molar-refractivity contribution in [2.75, 3.05) is 7.11 Å². The number of Topliss-reactive ketones (excluding diaryl/α,β-unsaturated/α-hetero) is 1. The van der Waals surface area contributed by atoms with Gasteiger partial charge in [0.1, 0.15) is 28.5 Å². The molecular weight excluding hydrogens is 570 g/mol. The van der Waals surface area contributed by atoms with Crippen molar-refractivity contribution in [3.63, 3.8) is 0 Å². The Balaban J connectivity index is 1.74. The largest absolute Gasteiger partial charge is 0.496 e. The van der Waals surface area contributed by atoms with Gasteiger partial charge in [0.25, 0.3) is 5.56 Å². The summed E-state index contributed by atoms with van der Waals surface area (Å²) in [5.74, 6) is 0.768. The van der Waals surface area contributed by atoms with E-state index in [1.54, 1.807) is 32.4 Å². The topological polar surface area (TPSA) is 126 Å². The van der Waals surface area contributed by atoms with Crippen LogP contribution in [0, 0.1) is 6.92 Å². The fourth-order valence-electron chi connectivity index (χ4n) is 5.92. The molecule has 43 heavy (non-hydrogen) atoms. The Morgan fingerprint density at radius 1 is 1.21 bits per heavy atom. The predicted octanol–water partition coefficient (Wildman–Crippen LogP) is 5.36. The third-order valence-corrected chi connectivity index (χ3v) is 9.69. The van der Waals surface area contributed by atoms with E-state index in [2.05, 4.69) is 4.98 Å². The van der Waals surface area contributed by atoms with Crippen LogP contribution in [0.15, 0.2) is 50.7 Å². The van der Waals surface area contributed by atoms with E-state index >= 15 is 0 Å². The van der Waals surface area contributed by atoms with E-state index in [0.717, 1.165) is 10.1 Å². The minimum Gasteiger partial charge on any atom is -0.496 e. The highest BCUT2D eigenvalue weighted by atomic mass is 32.1. The minimum atomic E-state index is -1.38. The van der Waals surface area contributed by atoms with Gasteiger partial charge in [0, 0.05) is 12.0 Å². The molecule has 4 aromatic rings. The highest BCUT2D eigenvalue weighted by Gasteiger charge is 2.36. The molecule has 1 aromatic carbocycles. The summed E-state index contributed by atoms with van der Waals surface area (Å²) in [6.45, 7) is 7.02. The zero-order valence-corrected chi connectivity index (χ0v) is 26.1. The molecule has 11 heteroatoms. The van der Waals surface area contributed by atoms with Crippen molar-refractivity contribution in [3.8, 4) is 16.5 Å². The maximum atomic E-state index is 14.4. The molecule has 5 rings (SSSR count). The number of aryl methyl sites for hydroxylation is 1. The highest BCUT2D eigenvalue weighted by Crippen LogP contribution is 2.38. The van der Waals surface area contributed by atoms with Crippen LogP contribution in [-0.4, -0.2) is 44.3 Å². The summed E-state index contributed by atoms with van der Waals surface area (Å²) in [5, 5.41) is 10.4. The monoisotopic (exact) mass is 609 g/mol. The molecule has 3 aromatic heterocycles. The average molecular weight is 610 g/mol. The number of nitrogens with zero attached hydrogens (tertiary/aromatic N) is 3. The molecule has 0 unspecified atom stereocenters. The Morgan fingerprint density at radius 3 is 2.58 bits per heavy atom. The second kappa shape index (κ2) is 12.6. The van der Waals surface area contributed by atoms with Crippen molar-refractivity contribution in [2.45, 2.75) is 96.6 Å². The molecule has 1 atom stereocenters. The Morgan fingerprint density at radius 2 is 1.93 bits per heavy atom. The van der Waals surface area contributed by atoms with E-state index < -0.39 is 22.9 Å². The molecule has 1 aliphatic carbocycles. The number of carbonyl (C=O) groups excluding carboxylic acids is 1. The molecule has 10 nitrogen and oxygen atoms in total. The number of aliphatic hydroxyl groups excluding tert-OH is 1. The number of methoxy groups -OCH3 is 1. The van der Waals surface area contributed by atoms with Gasteiger partial charge in [-0.3, -0.25) is 14.2 Å². The van der Waals surface area contributed by atoms with Crippen molar-refractivity contribution >= 4 is 27.3 Å². The van der Waals surface area contributed by atoms with Crippen molar-refractivity contribution < 1.29 is 23.8 Å². The minimum absolute atomic E-state index is 0.0675. The SMILES string of the molecule is CCCC(=O)C(C)(C)n1c(=O)c2c(C)c(-c3ncco3)sc2n(C[C@H](OC2CCC(O)CC2)c2ccccc2OC)c1=O. The molecule has 0 amide bonds. The Kier molecular flexibility index (Phi) is 9.05. The lowest BCUT2D eigenvalue weighted by Gasteiger charge is -2.31. The van der Waals surface area contributed by atoms with Crippen LogP contribution in [0.4, 0.5) is 0 Å². The summed E-state index contributed by atoms with van der Waals surface area (Å²) in [7, 11) is 1.59. The zero-order chi connectivity index (χ0) is 30.9. The zero-order valence-electron chi connectivity index (χ0n) is 25.3. The number of aliphatic hydroxyl groups is 1. The molecule has 0 aliphatic heterocycles. The summed E-state index contributed by atoms with van der Waals surface area (Å²) < 4.78 is 20.6. The number of benzene rings is 1. The lowest BCUT2D eigenvalue weighted by Crippen LogP contribution is -2.52. The summed E-state index contributed by atoms with van der Waals surface area (Å²) in [6.07, 6.45) is 5.36. The van der Waals surface area contributed by atoms with Crippen molar-refractivity contribution in [2.24, 2.45) is 0 Å². The van der Waals surface area contributed by atoms with Crippen LogP contribution < -0.4 is 16.0 Å². The maximum Gasteiger partial charge on any atom is 0.333 e. The van der Waals surface area contributed by atoms with E-state index in [9.17, 15) is 19.5 Å². The van der Waals surface area contributed by atoms with Crippen LogP contribution in [0.3, 0.4) is 0 Å². The first-order chi connectivity index (χ1) is 20.6. The Hall–Kier alpha value is -3.54. The van der Waals surface area contributed by atoms with Crippen molar-refractivity contribution in [1.29, 1.82) is 0 Å². The second-order valence-electron chi connectivity index (χ2n) is 11.6. The molecule has 1 fully saturated rings. The molecule has 0 bridgehead atoms. The number of thiophene rings is 1. The van der Waals surface area contributed by atoms with Crippen molar-refractivity contribution in [3.05, 3.63) is 68.7 Å². The first kappa shape index (κ1) is 30.9. The number of rotatable bonds is 11. The summed E-state index contributed by atoms with van der Waals surface area (Å²) in [4.78, 5) is 47.3. The van der Waals surface area contributed by atoms with Gasteiger partial charge >= 0.3 is 5.69 Å². The molecule has 230 valence electrons. The number of hydrogen-bond acceptors (Lipinski definition) is 9. The third-order valence-electron chi connectivity index (χ3n) is 8.39. The lowest BCUT2D eigenvalue weighted by molar-refractivity contribution is -0.126. The van der Waals surface area contributed by atoms with E-state index in [1.807, 2.05) is 31.2 Å². The number of ketones is 1. The van der Waals surface area contributed by atoms with Crippen LogP contribution in [0.1, 0.15) is 76.5 Å². The first-order valence-corrected chi connectivity index (χ1v) is 15.6. The van der Waals surface area contributed by atoms with Crippen LogP contribution in [-0.2, 0) is 21.6 Å². The smallest absolute Gasteiger partial charge is 0.333 e. The maximum absolute atomic E-state index is 14.4. The van der Waals surface area contributed by atoms with Gasteiger partial charge in [-0.1, -0.05) is 25.1 Å². The van der Waals surface area contributed by atoms with Gasteiger partial charge < -0.3 is 19.0 Å². The normalized spacial score (nSPS) is 18.2. The standard InChI is InChI=1S/C32H39N3O7S/c1-6-9-25(37)32(3,4)35-29(38)26-19(2)27(28-33-16-17-41-28)43-30(26)34(31(35)39)18-24(22-10-7-8-11-23(22)40-5)42-21-14-12-20(36)13-15-21/h7-8,10-11,16-17,20-21,24,36H,6,9,12-15,18H2,1-5H3/t20?,21?,24-/m0/s1. The predicted molar refractivity (Wildman–Crippen MR) is 165 cm³/mol. The van der Waals surface area contributed by atoms with Gasteiger partial charge in [0.15, 0.2) is 5.78 Å². The molecule has 1 saturated carbocycles. The van der Waals surface area contributed by atoms with E-state index in [0.29, 0.717) is 64.4 Å². The number of fused-ring (bicyclic) bond motifs is 1. The van der Waals surface area contributed by atoms with Crippen molar-refractivity contribution in [1.82, 2.24) is 14.1 Å². The molecule has 1 aliphatic rings. The second-order valence-corrected chi connectivity index (χ2v) is 12.6. The van der Waals surface area contributed by atoms with Gasteiger partial charge in [-0.05, 0) is 64.5 Å². The number of para-hydroxylation sites is 1. The fraction of sp³-hybridized carbons (Fsp3) is 0.500. The van der Waals surface area contributed by atoms with E-state index in [4.69, 9.17) is 13.9 Å².